The van der Waals surface area contributed by atoms with Gasteiger partial charge in [-0.25, -0.2) is 0 Å². The van der Waals surface area contributed by atoms with Crippen LogP contribution in [0.25, 0.3) is 0 Å². The molecule has 1 saturated heterocycles. The lowest BCUT2D eigenvalue weighted by Gasteiger charge is -2.20. The number of rotatable bonds is 5. The monoisotopic (exact) mass is 333 g/mol. The topological polar surface area (TPSA) is 41.5 Å². The third kappa shape index (κ3) is 3.68. The first-order chi connectivity index (χ1) is 8.70. The second-order valence-corrected chi connectivity index (χ2v) is 5.77. The van der Waals surface area contributed by atoms with Gasteiger partial charge in [0.15, 0.2) is 0 Å². The van der Waals surface area contributed by atoms with Crippen LogP contribution in [0.2, 0.25) is 5.02 Å². The van der Waals surface area contributed by atoms with Gasteiger partial charge in [0.05, 0.1) is 18.8 Å². The number of halogens is 2. The number of benzene rings is 1. The number of hydrogen-bond acceptors (Lipinski definition) is 3. The molecule has 0 saturated carbocycles. The van der Waals surface area contributed by atoms with Crippen molar-refractivity contribution in [2.75, 3.05) is 19.8 Å². The van der Waals surface area contributed by atoms with E-state index in [0.717, 1.165) is 36.0 Å². The summed E-state index contributed by atoms with van der Waals surface area (Å²) in [6.45, 7) is 1.61. The van der Waals surface area contributed by atoms with E-state index in [2.05, 4.69) is 21.2 Å². The highest BCUT2D eigenvalue weighted by Gasteiger charge is 2.19. The predicted molar refractivity (Wildman–Crippen MR) is 76.0 cm³/mol. The van der Waals surface area contributed by atoms with Gasteiger partial charge in [-0.2, -0.15) is 0 Å². The van der Waals surface area contributed by atoms with E-state index in [4.69, 9.17) is 16.3 Å². The van der Waals surface area contributed by atoms with Crippen molar-refractivity contribution in [3.63, 3.8) is 0 Å². The Morgan fingerprint density at radius 2 is 2.39 bits per heavy atom. The number of ether oxygens (including phenoxy) is 1. The predicted octanol–water partition coefficient (Wildman–Crippen LogP) is 2.90. The van der Waals surface area contributed by atoms with Crippen molar-refractivity contribution in [1.29, 1.82) is 0 Å². The summed E-state index contributed by atoms with van der Waals surface area (Å²) in [4.78, 5) is 0. The number of hydrogen-bond donors (Lipinski definition) is 2. The van der Waals surface area contributed by atoms with E-state index in [1.807, 2.05) is 18.2 Å². The summed E-state index contributed by atoms with van der Waals surface area (Å²) in [6.07, 6.45) is 2.46. The Bertz CT molecular complexity index is 397. The fourth-order valence-electron chi connectivity index (χ4n) is 2.14. The molecule has 0 radical (unpaired) electrons. The minimum Gasteiger partial charge on any atom is -0.394 e. The maximum absolute atomic E-state index is 9.47. The maximum atomic E-state index is 9.47. The molecular weight excluding hydrogens is 318 g/mol. The quantitative estimate of drug-likeness (QED) is 0.870. The molecule has 1 aromatic rings. The van der Waals surface area contributed by atoms with Crippen LogP contribution in [-0.2, 0) is 4.74 Å². The number of nitrogens with one attached hydrogen (secondary N) is 1. The van der Waals surface area contributed by atoms with Crippen molar-refractivity contribution in [3.8, 4) is 0 Å². The fraction of sp³-hybridized carbons (Fsp3) is 0.538. The average molecular weight is 335 g/mol. The van der Waals surface area contributed by atoms with Crippen molar-refractivity contribution in [2.45, 2.75) is 25.0 Å². The summed E-state index contributed by atoms with van der Waals surface area (Å²) >= 11 is 9.56. The van der Waals surface area contributed by atoms with Crippen LogP contribution in [0.4, 0.5) is 0 Å². The molecule has 100 valence electrons. The Morgan fingerprint density at radius 1 is 1.56 bits per heavy atom. The standard InChI is InChI=1S/C13H17BrClNO2/c14-9-3-4-11(12(15)6-9)13(8-17)16-7-10-2-1-5-18-10/h3-4,6,10,13,16-17H,1-2,5,7-8H2. The molecule has 1 aromatic carbocycles. The fourth-order valence-corrected chi connectivity index (χ4v) is 2.94. The maximum Gasteiger partial charge on any atom is 0.0700 e. The lowest BCUT2D eigenvalue weighted by Crippen LogP contribution is -2.32. The molecule has 0 bridgehead atoms. The van der Waals surface area contributed by atoms with Crippen molar-refractivity contribution < 1.29 is 9.84 Å². The van der Waals surface area contributed by atoms with Crippen LogP contribution < -0.4 is 5.32 Å². The van der Waals surface area contributed by atoms with Gasteiger partial charge in [0.2, 0.25) is 0 Å². The van der Waals surface area contributed by atoms with E-state index in [1.165, 1.54) is 0 Å². The van der Waals surface area contributed by atoms with Gasteiger partial charge >= 0.3 is 0 Å². The molecule has 2 N–H and O–H groups in total. The van der Waals surface area contributed by atoms with Gasteiger partial charge in [-0.3, -0.25) is 0 Å². The first kappa shape index (κ1) is 14.3. The first-order valence-electron chi connectivity index (χ1n) is 6.11. The Kier molecular flexibility index (Phi) is 5.45. The zero-order valence-corrected chi connectivity index (χ0v) is 12.4. The Morgan fingerprint density at radius 3 is 3.00 bits per heavy atom. The van der Waals surface area contributed by atoms with Gasteiger partial charge < -0.3 is 15.2 Å². The van der Waals surface area contributed by atoms with Crippen LogP contribution in [0.1, 0.15) is 24.4 Å². The molecule has 1 fully saturated rings. The van der Waals surface area contributed by atoms with Gasteiger partial charge in [-0.05, 0) is 30.5 Å². The second kappa shape index (κ2) is 6.87. The van der Waals surface area contributed by atoms with E-state index in [1.54, 1.807) is 0 Å². The van der Waals surface area contributed by atoms with Crippen LogP contribution in [0.3, 0.4) is 0 Å². The van der Waals surface area contributed by atoms with Gasteiger partial charge in [0, 0.05) is 22.6 Å². The molecule has 3 nitrogen and oxygen atoms in total. The molecule has 18 heavy (non-hydrogen) atoms. The van der Waals surface area contributed by atoms with Crippen LogP contribution >= 0.6 is 27.5 Å². The average Bonchev–Trinajstić information content (AvgIpc) is 2.85. The summed E-state index contributed by atoms with van der Waals surface area (Å²) in [5, 5.41) is 13.4. The van der Waals surface area contributed by atoms with Gasteiger partial charge in [0.1, 0.15) is 0 Å². The minimum atomic E-state index is -0.144. The van der Waals surface area contributed by atoms with E-state index >= 15 is 0 Å². The molecule has 0 amide bonds. The second-order valence-electron chi connectivity index (χ2n) is 4.44. The SMILES string of the molecule is OCC(NCC1CCCO1)c1ccc(Br)cc1Cl. The van der Waals surface area contributed by atoms with Crippen molar-refractivity contribution in [1.82, 2.24) is 5.32 Å². The molecule has 5 heteroatoms. The third-order valence-corrected chi connectivity index (χ3v) is 3.96. The lowest BCUT2D eigenvalue weighted by atomic mass is 10.1. The summed E-state index contributed by atoms with van der Waals surface area (Å²) in [6, 6.07) is 5.55. The van der Waals surface area contributed by atoms with E-state index in [-0.39, 0.29) is 18.8 Å². The molecular formula is C13H17BrClNO2. The van der Waals surface area contributed by atoms with Crippen molar-refractivity contribution >= 4 is 27.5 Å². The van der Waals surface area contributed by atoms with Gasteiger partial charge in [0.25, 0.3) is 0 Å². The van der Waals surface area contributed by atoms with Crippen LogP contribution in [0, 0.1) is 0 Å². The van der Waals surface area contributed by atoms with E-state index < -0.39 is 0 Å². The summed E-state index contributed by atoms with van der Waals surface area (Å²) in [5.74, 6) is 0. The smallest absolute Gasteiger partial charge is 0.0700 e. The number of aliphatic hydroxyl groups excluding tert-OH is 1. The Labute approximate surface area is 121 Å². The molecule has 1 heterocycles. The Balaban J connectivity index is 1.98. The Hall–Kier alpha value is -0.130. The van der Waals surface area contributed by atoms with Crippen molar-refractivity contribution in [3.05, 3.63) is 33.3 Å². The van der Waals surface area contributed by atoms with E-state index in [9.17, 15) is 5.11 Å². The normalized spacial score (nSPS) is 21.2. The minimum absolute atomic E-state index is 0.0219. The highest BCUT2D eigenvalue weighted by Crippen LogP contribution is 2.26. The summed E-state index contributed by atoms with van der Waals surface area (Å²) < 4.78 is 6.49. The molecule has 0 aliphatic carbocycles. The molecule has 2 rings (SSSR count). The summed E-state index contributed by atoms with van der Waals surface area (Å²) in [7, 11) is 0. The highest BCUT2D eigenvalue weighted by atomic mass is 79.9. The highest BCUT2D eigenvalue weighted by molar-refractivity contribution is 9.10. The molecule has 0 spiro atoms. The largest absolute Gasteiger partial charge is 0.394 e. The molecule has 0 aromatic heterocycles. The summed E-state index contributed by atoms with van der Waals surface area (Å²) in [5.41, 5.74) is 0.917. The molecule has 1 aliphatic rings. The van der Waals surface area contributed by atoms with Crippen molar-refractivity contribution in [2.24, 2.45) is 0 Å². The zero-order valence-electron chi connectivity index (χ0n) is 10.0. The molecule has 2 atom stereocenters. The lowest BCUT2D eigenvalue weighted by molar-refractivity contribution is 0.104. The zero-order chi connectivity index (χ0) is 13.0. The molecule has 2 unspecified atom stereocenters. The third-order valence-electron chi connectivity index (χ3n) is 3.14. The van der Waals surface area contributed by atoms with Crippen LogP contribution in [0.5, 0.6) is 0 Å². The number of aliphatic hydroxyl groups is 1. The van der Waals surface area contributed by atoms with Crippen LogP contribution in [0.15, 0.2) is 22.7 Å². The van der Waals surface area contributed by atoms with E-state index in [0.29, 0.717) is 5.02 Å². The van der Waals surface area contributed by atoms with Crippen LogP contribution in [-0.4, -0.2) is 31.0 Å². The molecule has 1 aliphatic heterocycles. The van der Waals surface area contributed by atoms with Gasteiger partial charge in [-0.15, -0.1) is 0 Å². The first-order valence-corrected chi connectivity index (χ1v) is 7.28. The van der Waals surface area contributed by atoms with Gasteiger partial charge in [-0.1, -0.05) is 33.6 Å².